The van der Waals surface area contributed by atoms with Gasteiger partial charge in [0.2, 0.25) is 10.0 Å². The van der Waals surface area contributed by atoms with Crippen LogP contribution in [0.5, 0.6) is 0 Å². The zero-order valence-corrected chi connectivity index (χ0v) is 12.3. The number of nitrogen functional groups attached to an aromatic ring is 1. The number of hydrogen-bond acceptors (Lipinski definition) is 3. The Morgan fingerprint density at radius 3 is 2.67 bits per heavy atom. The number of nitrogens with two attached hydrogens (primary N) is 1. The summed E-state index contributed by atoms with van der Waals surface area (Å²) in [7, 11) is -2.10. The minimum absolute atomic E-state index is 0.00421. The first-order valence-electron chi connectivity index (χ1n) is 5.53. The van der Waals surface area contributed by atoms with E-state index in [-0.39, 0.29) is 15.1 Å². The third kappa shape index (κ3) is 2.67. The third-order valence-electron chi connectivity index (χ3n) is 2.95. The van der Waals surface area contributed by atoms with Gasteiger partial charge in [-0.3, -0.25) is 0 Å². The lowest BCUT2D eigenvalue weighted by atomic mass is 10.3. The van der Waals surface area contributed by atoms with Gasteiger partial charge in [0.15, 0.2) is 0 Å². The molecule has 2 N–H and O–H groups in total. The molecule has 0 aromatic heterocycles. The van der Waals surface area contributed by atoms with E-state index in [0.717, 1.165) is 25.0 Å². The number of rotatable bonds is 4. The average Bonchev–Trinajstić information content (AvgIpc) is 3.07. The van der Waals surface area contributed by atoms with Gasteiger partial charge in [-0.15, -0.1) is 0 Å². The largest absolute Gasteiger partial charge is 0.396 e. The van der Waals surface area contributed by atoms with Crippen LogP contribution in [0.4, 0.5) is 10.1 Å². The lowest BCUT2D eigenvalue weighted by molar-refractivity contribution is 0.452. The van der Waals surface area contributed by atoms with Crippen LogP contribution in [0.1, 0.15) is 12.8 Å². The van der Waals surface area contributed by atoms with Crippen LogP contribution in [-0.4, -0.2) is 26.3 Å². The molecule has 1 aliphatic carbocycles. The average molecular weight is 337 g/mol. The number of sulfonamides is 1. The molecule has 1 fully saturated rings. The molecule has 18 heavy (non-hydrogen) atoms. The van der Waals surface area contributed by atoms with Gasteiger partial charge in [-0.1, -0.05) is 0 Å². The molecule has 0 spiro atoms. The summed E-state index contributed by atoms with van der Waals surface area (Å²) >= 11 is 3.07. The second-order valence-corrected chi connectivity index (χ2v) is 7.40. The van der Waals surface area contributed by atoms with Crippen LogP contribution < -0.4 is 5.73 Å². The summed E-state index contributed by atoms with van der Waals surface area (Å²) in [5.41, 5.74) is 5.25. The van der Waals surface area contributed by atoms with E-state index in [1.165, 1.54) is 11.4 Å². The minimum atomic E-state index is -3.62. The smallest absolute Gasteiger partial charge is 0.244 e. The van der Waals surface area contributed by atoms with E-state index in [1.807, 2.05) is 0 Å². The summed E-state index contributed by atoms with van der Waals surface area (Å²) in [4.78, 5) is 0.00421. The van der Waals surface area contributed by atoms with Gasteiger partial charge in [0.05, 0.1) is 10.6 Å². The first-order chi connectivity index (χ1) is 8.32. The van der Waals surface area contributed by atoms with Gasteiger partial charge in [0, 0.05) is 18.1 Å². The highest BCUT2D eigenvalue weighted by molar-refractivity contribution is 9.10. The van der Waals surface area contributed by atoms with Gasteiger partial charge in [-0.2, -0.15) is 0 Å². The quantitative estimate of drug-likeness (QED) is 0.857. The predicted molar refractivity (Wildman–Crippen MR) is 71.1 cm³/mol. The van der Waals surface area contributed by atoms with Crippen molar-refractivity contribution in [2.75, 3.05) is 19.3 Å². The molecule has 0 aliphatic heterocycles. The van der Waals surface area contributed by atoms with E-state index in [9.17, 15) is 12.8 Å². The van der Waals surface area contributed by atoms with Gasteiger partial charge in [0.25, 0.3) is 0 Å². The minimum Gasteiger partial charge on any atom is -0.396 e. The van der Waals surface area contributed by atoms with Crippen molar-refractivity contribution in [2.45, 2.75) is 17.7 Å². The molecular formula is C11H14BrFN2O2S. The van der Waals surface area contributed by atoms with Crippen LogP contribution in [-0.2, 0) is 10.0 Å². The fourth-order valence-electron chi connectivity index (χ4n) is 1.67. The van der Waals surface area contributed by atoms with Crippen LogP contribution in [0, 0.1) is 11.7 Å². The van der Waals surface area contributed by atoms with Crippen LogP contribution >= 0.6 is 15.9 Å². The first kappa shape index (κ1) is 13.8. The van der Waals surface area contributed by atoms with Gasteiger partial charge in [-0.05, 0) is 46.8 Å². The van der Waals surface area contributed by atoms with Crippen molar-refractivity contribution in [3.63, 3.8) is 0 Å². The molecule has 0 amide bonds. The number of benzene rings is 1. The Morgan fingerprint density at radius 1 is 1.50 bits per heavy atom. The van der Waals surface area contributed by atoms with Crippen molar-refractivity contribution < 1.29 is 12.8 Å². The van der Waals surface area contributed by atoms with Gasteiger partial charge in [0.1, 0.15) is 5.82 Å². The Bertz CT molecular complexity index is 573. The van der Waals surface area contributed by atoms with Crippen molar-refractivity contribution in [3.8, 4) is 0 Å². The molecular weight excluding hydrogens is 323 g/mol. The van der Waals surface area contributed by atoms with Crippen molar-refractivity contribution in [1.82, 2.24) is 4.31 Å². The maximum absolute atomic E-state index is 13.2. The highest BCUT2D eigenvalue weighted by Gasteiger charge is 2.30. The SMILES string of the molecule is CN(CC1CC1)S(=O)(=O)c1cc(N)c(F)cc1Br. The molecule has 0 heterocycles. The summed E-state index contributed by atoms with van der Waals surface area (Å²) in [6, 6.07) is 2.23. The Hall–Kier alpha value is -0.660. The number of halogens is 2. The zero-order valence-electron chi connectivity index (χ0n) is 9.86. The molecule has 1 saturated carbocycles. The molecule has 0 bridgehead atoms. The van der Waals surface area contributed by atoms with E-state index in [0.29, 0.717) is 12.5 Å². The molecule has 7 heteroatoms. The molecule has 4 nitrogen and oxygen atoms in total. The number of hydrogen-bond donors (Lipinski definition) is 1. The van der Waals surface area contributed by atoms with E-state index >= 15 is 0 Å². The Kier molecular flexibility index (Phi) is 3.66. The molecule has 2 rings (SSSR count). The topological polar surface area (TPSA) is 63.4 Å². The van der Waals surface area contributed by atoms with E-state index < -0.39 is 15.8 Å². The molecule has 0 atom stereocenters. The second kappa shape index (κ2) is 4.79. The molecule has 0 unspecified atom stereocenters. The summed E-state index contributed by atoms with van der Waals surface area (Å²) in [5.74, 6) is -0.188. The standard InChI is InChI=1S/C11H14BrFN2O2S/c1-15(6-7-2-3-7)18(16,17)11-5-10(14)9(13)4-8(11)12/h4-5,7H,2-3,6,14H2,1H3. The van der Waals surface area contributed by atoms with Crippen LogP contribution in [0.3, 0.4) is 0 Å². The van der Waals surface area contributed by atoms with Crippen molar-refractivity contribution in [3.05, 3.63) is 22.4 Å². The Morgan fingerprint density at radius 2 is 2.11 bits per heavy atom. The van der Waals surface area contributed by atoms with E-state index in [4.69, 9.17) is 5.73 Å². The highest BCUT2D eigenvalue weighted by atomic mass is 79.9. The maximum Gasteiger partial charge on any atom is 0.244 e. The summed E-state index contributed by atoms with van der Waals surface area (Å²) < 4.78 is 39.3. The van der Waals surface area contributed by atoms with Gasteiger partial charge < -0.3 is 5.73 Å². The van der Waals surface area contributed by atoms with Crippen molar-refractivity contribution in [1.29, 1.82) is 0 Å². The van der Waals surface area contributed by atoms with Gasteiger partial charge in [-0.25, -0.2) is 17.1 Å². The highest BCUT2D eigenvalue weighted by Crippen LogP contribution is 2.33. The second-order valence-electron chi connectivity index (χ2n) is 4.53. The number of nitrogens with zero attached hydrogens (tertiary/aromatic N) is 1. The normalized spacial score (nSPS) is 16.2. The maximum atomic E-state index is 13.2. The summed E-state index contributed by atoms with van der Waals surface area (Å²) in [5, 5.41) is 0. The molecule has 1 aromatic rings. The first-order valence-corrected chi connectivity index (χ1v) is 7.76. The van der Waals surface area contributed by atoms with Gasteiger partial charge >= 0.3 is 0 Å². The number of anilines is 1. The Labute approximate surface area is 114 Å². The monoisotopic (exact) mass is 336 g/mol. The fourth-order valence-corrected chi connectivity index (χ4v) is 3.93. The lowest BCUT2D eigenvalue weighted by Crippen LogP contribution is -2.29. The predicted octanol–water partition coefficient (Wildman–Crippen LogP) is 2.20. The molecule has 0 radical (unpaired) electrons. The molecule has 1 aromatic carbocycles. The fraction of sp³-hybridized carbons (Fsp3) is 0.455. The van der Waals surface area contributed by atoms with Crippen LogP contribution in [0.15, 0.2) is 21.5 Å². The molecule has 100 valence electrons. The van der Waals surface area contributed by atoms with Crippen molar-refractivity contribution >= 4 is 31.6 Å². The molecule has 0 saturated heterocycles. The summed E-state index contributed by atoms with van der Waals surface area (Å²) in [6.45, 7) is 0.492. The van der Waals surface area contributed by atoms with E-state index in [2.05, 4.69) is 15.9 Å². The zero-order chi connectivity index (χ0) is 13.5. The summed E-state index contributed by atoms with van der Waals surface area (Å²) in [6.07, 6.45) is 2.12. The molecule has 1 aliphatic rings. The van der Waals surface area contributed by atoms with E-state index in [1.54, 1.807) is 0 Å². The van der Waals surface area contributed by atoms with Crippen molar-refractivity contribution in [2.24, 2.45) is 5.92 Å². The van der Waals surface area contributed by atoms with Crippen LogP contribution in [0.25, 0.3) is 0 Å². The van der Waals surface area contributed by atoms with Crippen LogP contribution in [0.2, 0.25) is 0 Å². The Balaban J connectivity index is 2.36. The third-order valence-corrected chi connectivity index (χ3v) is 5.73. The lowest BCUT2D eigenvalue weighted by Gasteiger charge is -2.18.